The molecule has 1 saturated heterocycles. The largest absolute Gasteiger partial charge is 0.372 e. The molecule has 1 aliphatic rings. The van der Waals surface area contributed by atoms with Gasteiger partial charge in [0.15, 0.2) is 0 Å². The first-order valence-electron chi connectivity index (χ1n) is 4.90. The SMILES string of the molecule is NC1CCCOC1c1ccc(F)cc1. The zero-order valence-corrected chi connectivity index (χ0v) is 7.95. The molecule has 2 N–H and O–H groups in total. The lowest BCUT2D eigenvalue weighted by Crippen LogP contribution is -2.34. The zero-order valence-electron chi connectivity index (χ0n) is 7.95. The van der Waals surface area contributed by atoms with Gasteiger partial charge in [-0.3, -0.25) is 0 Å². The van der Waals surface area contributed by atoms with Crippen molar-refractivity contribution in [3.05, 3.63) is 35.6 Å². The molecule has 0 spiro atoms. The van der Waals surface area contributed by atoms with Gasteiger partial charge in [-0.25, -0.2) is 4.39 Å². The fourth-order valence-electron chi connectivity index (χ4n) is 1.80. The number of nitrogens with two attached hydrogens (primary N) is 1. The van der Waals surface area contributed by atoms with Crippen molar-refractivity contribution in [1.29, 1.82) is 0 Å². The molecular formula is C11H14FNO. The van der Waals surface area contributed by atoms with Gasteiger partial charge in [-0.2, -0.15) is 0 Å². The Bertz CT molecular complexity index is 299. The van der Waals surface area contributed by atoms with Crippen molar-refractivity contribution in [2.75, 3.05) is 6.61 Å². The van der Waals surface area contributed by atoms with Crippen LogP contribution < -0.4 is 5.73 Å². The Kier molecular flexibility index (Phi) is 2.79. The van der Waals surface area contributed by atoms with Gasteiger partial charge in [0.25, 0.3) is 0 Å². The van der Waals surface area contributed by atoms with E-state index in [0.29, 0.717) is 0 Å². The van der Waals surface area contributed by atoms with Gasteiger partial charge in [-0.15, -0.1) is 0 Å². The van der Waals surface area contributed by atoms with E-state index < -0.39 is 0 Å². The fourth-order valence-corrected chi connectivity index (χ4v) is 1.80. The average molecular weight is 195 g/mol. The predicted molar refractivity (Wildman–Crippen MR) is 52.3 cm³/mol. The second kappa shape index (κ2) is 4.07. The van der Waals surface area contributed by atoms with Gasteiger partial charge in [0.2, 0.25) is 0 Å². The van der Waals surface area contributed by atoms with Gasteiger partial charge in [0.1, 0.15) is 5.82 Å². The summed E-state index contributed by atoms with van der Waals surface area (Å²) in [5, 5.41) is 0. The lowest BCUT2D eigenvalue weighted by Gasteiger charge is -2.29. The van der Waals surface area contributed by atoms with Gasteiger partial charge in [0.05, 0.1) is 6.10 Å². The summed E-state index contributed by atoms with van der Waals surface area (Å²) in [6.07, 6.45) is 1.92. The van der Waals surface area contributed by atoms with Crippen molar-refractivity contribution in [1.82, 2.24) is 0 Å². The number of hydrogen-bond acceptors (Lipinski definition) is 2. The van der Waals surface area contributed by atoms with Crippen LogP contribution in [0.4, 0.5) is 4.39 Å². The Morgan fingerprint density at radius 3 is 2.64 bits per heavy atom. The number of benzene rings is 1. The maximum absolute atomic E-state index is 12.7. The standard InChI is InChI=1S/C11H14FNO/c12-9-5-3-8(4-6-9)11-10(13)2-1-7-14-11/h3-6,10-11H,1-2,7,13H2. The lowest BCUT2D eigenvalue weighted by molar-refractivity contribution is 0.000113. The average Bonchev–Trinajstić information content (AvgIpc) is 2.20. The highest BCUT2D eigenvalue weighted by atomic mass is 19.1. The molecule has 0 amide bonds. The molecule has 76 valence electrons. The van der Waals surface area contributed by atoms with E-state index in [4.69, 9.17) is 10.5 Å². The Morgan fingerprint density at radius 1 is 1.29 bits per heavy atom. The molecule has 0 radical (unpaired) electrons. The zero-order chi connectivity index (χ0) is 9.97. The van der Waals surface area contributed by atoms with Crippen molar-refractivity contribution in [2.24, 2.45) is 5.73 Å². The molecule has 0 aromatic heterocycles. The van der Waals surface area contributed by atoms with E-state index in [1.165, 1.54) is 12.1 Å². The third kappa shape index (κ3) is 1.94. The quantitative estimate of drug-likeness (QED) is 0.744. The minimum absolute atomic E-state index is 0.0363. The van der Waals surface area contributed by atoms with Gasteiger partial charge in [-0.1, -0.05) is 12.1 Å². The molecule has 2 nitrogen and oxygen atoms in total. The highest BCUT2D eigenvalue weighted by molar-refractivity contribution is 5.20. The van der Waals surface area contributed by atoms with Crippen molar-refractivity contribution < 1.29 is 9.13 Å². The molecule has 0 aliphatic carbocycles. The third-order valence-corrected chi connectivity index (χ3v) is 2.57. The Morgan fingerprint density at radius 2 is 2.00 bits per heavy atom. The Balaban J connectivity index is 2.16. The van der Waals surface area contributed by atoms with E-state index in [9.17, 15) is 4.39 Å². The summed E-state index contributed by atoms with van der Waals surface area (Å²) in [5.74, 6) is -0.224. The van der Waals surface area contributed by atoms with Crippen molar-refractivity contribution in [3.8, 4) is 0 Å². The summed E-state index contributed by atoms with van der Waals surface area (Å²) in [6.45, 7) is 0.746. The number of halogens is 1. The molecule has 1 heterocycles. The summed E-state index contributed by atoms with van der Waals surface area (Å²) >= 11 is 0. The second-order valence-corrected chi connectivity index (χ2v) is 3.65. The van der Waals surface area contributed by atoms with Crippen LogP contribution in [0, 0.1) is 5.82 Å². The summed E-state index contributed by atoms with van der Waals surface area (Å²) in [6, 6.07) is 6.41. The Hall–Kier alpha value is -0.930. The molecular weight excluding hydrogens is 181 g/mol. The van der Waals surface area contributed by atoms with Gasteiger partial charge >= 0.3 is 0 Å². The van der Waals surface area contributed by atoms with Crippen LogP contribution in [0.2, 0.25) is 0 Å². The highest BCUT2D eigenvalue weighted by Gasteiger charge is 2.23. The molecule has 14 heavy (non-hydrogen) atoms. The first-order chi connectivity index (χ1) is 6.77. The molecule has 1 aromatic carbocycles. The van der Waals surface area contributed by atoms with E-state index >= 15 is 0 Å². The van der Waals surface area contributed by atoms with E-state index in [-0.39, 0.29) is 18.0 Å². The van der Waals surface area contributed by atoms with E-state index in [0.717, 1.165) is 25.0 Å². The molecule has 1 aliphatic heterocycles. The summed E-state index contributed by atoms with van der Waals surface area (Å²) in [5.41, 5.74) is 6.90. The maximum Gasteiger partial charge on any atom is 0.123 e. The van der Waals surface area contributed by atoms with E-state index in [1.54, 1.807) is 12.1 Å². The molecule has 0 bridgehead atoms. The minimum Gasteiger partial charge on any atom is -0.372 e. The smallest absolute Gasteiger partial charge is 0.123 e. The van der Waals surface area contributed by atoms with Crippen molar-refractivity contribution in [3.63, 3.8) is 0 Å². The van der Waals surface area contributed by atoms with Gasteiger partial charge in [-0.05, 0) is 30.5 Å². The highest BCUT2D eigenvalue weighted by Crippen LogP contribution is 2.26. The van der Waals surface area contributed by atoms with Crippen LogP contribution in [0.25, 0.3) is 0 Å². The van der Waals surface area contributed by atoms with Crippen molar-refractivity contribution in [2.45, 2.75) is 25.0 Å². The van der Waals surface area contributed by atoms with Crippen LogP contribution in [-0.2, 0) is 4.74 Å². The molecule has 1 aromatic rings. The monoisotopic (exact) mass is 195 g/mol. The molecule has 2 unspecified atom stereocenters. The summed E-state index contributed by atoms with van der Waals surface area (Å²) in [7, 11) is 0. The first-order valence-corrected chi connectivity index (χ1v) is 4.90. The molecule has 1 fully saturated rings. The maximum atomic E-state index is 12.7. The number of ether oxygens (including phenoxy) is 1. The third-order valence-electron chi connectivity index (χ3n) is 2.57. The van der Waals surface area contributed by atoms with Gasteiger partial charge < -0.3 is 10.5 Å². The van der Waals surface area contributed by atoms with Crippen LogP contribution in [0.3, 0.4) is 0 Å². The topological polar surface area (TPSA) is 35.2 Å². The normalized spacial score (nSPS) is 27.6. The molecule has 3 heteroatoms. The minimum atomic E-state index is -0.224. The Labute approximate surface area is 82.9 Å². The van der Waals surface area contributed by atoms with Crippen molar-refractivity contribution >= 4 is 0 Å². The number of rotatable bonds is 1. The van der Waals surface area contributed by atoms with Crippen LogP contribution in [0.5, 0.6) is 0 Å². The first kappa shape index (κ1) is 9.62. The van der Waals surface area contributed by atoms with E-state index in [1.807, 2.05) is 0 Å². The predicted octanol–water partition coefficient (Wildman–Crippen LogP) is 2.00. The second-order valence-electron chi connectivity index (χ2n) is 3.65. The van der Waals surface area contributed by atoms with Crippen LogP contribution in [0.1, 0.15) is 24.5 Å². The van der Waals surface area contributed by atoms with Crippen LogP contribution in [0.15, 0.2) is 24.3 Å². The van der Waals surface area contributed by atoms with Crippen LogP contribution in [-0.4, -0.2) is 12.6 Å². The molecule has 0 saturated carbocycles. The lowest BCUT2D eigenvalue weighted by atomic mass is 9.97. The summed E-state index contributed by atoms with van der Waals surface area (Å²) < 4.78 is 18.2. The van der Waals surface area contributed by atoms with Crippen LogP contribution >= 0.6 is 0 Å². The summed E-state index contributed by atoms with van der Waals surface area (Å²) in [4.78, 5) is 0. The fraction of sp³-hybridized carbons (Fsp3) is 0.455. The molecule has 2 rings (SSSR count). The number of hydrogen-bond donors (Lipinski definition) is 1. The van der Waals surface area contributed by atoms with Gasteiger partial charge in [0, 0.05) is 12.6 Å². The molecule has 2 atom stereocenters. The van der Waals surface area contributed by atoms with E-state index in [2.05, 4.69) is 0 Å².